The SMILES string of the molecule is CCNC(CSC1CCCC1)c1ccc2cccnc2c1. The Morgan fingerprint density at radius 3 is 2.95 bits per heavy atom. The minimum absolute atomic E-state index is 0.437. The summed E-state index contributed by atoms with van der Waals surface area (Å²) in [4.78, 5) is 4.49. The zero-order valence-electron chi connectivity index (χ0n) is 12.7. The minimum Gasteiger partial charge on any atom is -0.310 e. The van der Waals surface area contributed by atoms with Crippen LogP contribution in [0.3, 0.4) is 0 Å². The smallest absolute Gasteiger partial charge is 0.0705 e. The molecular formula is C18H24N2S. The summed E-state index contributed by atoms with van der Waals surface area (Å²) in [6, 6.07) is 11.3. The van der Waals surface area contributed by atoms with E-state index in [1.54, 1.807) is 0 Å². The molecule has 1 aliphatic rings. The van der Waals surface area contributed by atoms with Crippen molar-refractivity contribution < 1.29 is 0 Å². The van der Waals surface area contributed by atoms with Crippen molar-refractivity contribution >= 4 is 22.7 Å². The van der Waals surface area contributed by atoms with Crippen molar-refractivity contribution in [1.82, 2.24) is 10.3 Å². The van der Waals surface area contributed by atoms with Crippen LogP contribution in [0.1, 0.15) is 44.2 Å². The third-order valence-electron chi connectivity index (χ3n) is 4.28. The van der Waals surface area contributed by atoms with Crippen molar-refractivity contribution in [3.05, 3.63) is 42.1 Å². The normalized spacial score (nSPS) is 17.4. The van der Waals surface area contributed by atoms with Crippen LogP contribution in [0.2, 0.25) is 0 Å². The Labute approximate surface area is 131 Å². The number of pyridine rings is 1. The fourth-order valence-electron chi connectivity index (χ4n) is 3.11. The summed E-state index contributed by atoms with van der Waals surface area (Å²) in [6.07, 6.45) is 7.53. The molecule has 2 aromatic rings. The number of thioether (sulfide) groups is 1. The highest BCUT2D eigenvalue weighted by Crippen LogP contribution is 2.32. The molecule has 0 amide bonds. The number of hydrogen-bond donors (Lipinski definition) is 1. The van der Waals surface area contributed by atoms with E-state index in [1.165, 1.54) is 36.6 Å². The first kappa shape index (κ1) is 14.9. The fourth-order valence-corrected chi connectivity index (χ4v) is 4.55. The topological polar surface area (TPSA) is 24.9 Å². The molecule has 1 heterocycles. The zero-order chi connectivity index (χ0) is 14.5. The molecule has 112 valence electrons. The highest BCUT2D eigenvalue weighted by Gasteiger charge is 2.18. The molecule has 2 nitrogen and oxygen atoms in total. The summed E-state index contributed by atoms with van der Waals surface area (Å²) in [5.41, 5.74) is 2.47. The van der Waals surface area contributed by atoms with Crippen molar-refractivity contribution in [3.8, 4) is 0 Å². The number of benzene rings is 1. The second-order valence-corrected chi connectivity index (χ2v) is 7.14. The van der Waals surface area contributed by atoms with Gasteiger partial charge in [-0.3, -0.25) is 4.98 Å². The highest BCUT2D eigenvalue weighted by atomic mass is 32.2. The molecule has 1 fully saturated rings. The average molecular weight is 300 g/mol. The van der Waals surface area contributed by atoms with Crippen LogP contribution < -0.4 is 5.32 Å². The van der Waals surface area contributed by atoms with Crippen molar-refractivity contribution in [3.63, 3.8) is 0 Å². The molecule has 0 saturated heterocycles. The van der Waals surface area contributed by atoms with Gasteiger partial charge in [-0.1, -0.05) is 38.0 Å². The van der Waals surface area contributed by atoms with E-state index >= 15 is 0 Å². The summed E-state index contributed by atoms with van der Waals surface area (Å²) >= 11 is 2.15. The summed E-state index contributed by atoms with van der Waals surface area (Å²) in [5.74, 6) is 1.16. The molecule has 0 aliphatic heterocycles. The van der Waals surface area contributed by atoms with Gasteiger partial charge in [0.15, 0.2) is 0 Å². The number of hydrogen-bond acceptors (Lipinski definition) is 3. The van der Waals surface area contributed by atoms with E-state index < -0.39 is 0 Å². The Hall–Kier alpha value is -1.06. The molecule has 1 aromatic carbocycles. The van der Waals surface area contributed by atoms with E-state index in [-0.39, 0.29) is 0 Å². The molecule has 1 atom stereocenters. The second-order valence-electron chi connectivity index (χ2n) is 5.81. The van der Waals surface area contributed by atoms with Gasteiger partial charge < -0.3 is 5.32 Å². The third-order valence-corrected chi connectivity index (χ3v) is 5.75. The van der Waals surface area contributed by atoms with Gasteiger partial charge in [0.2, 0.25) is 0 Å². The van der Waals surface area contributed by atoms with Gasteiger partial charge in [0.1, 0.15) is 0 Å². The zero-order valence-corrected chi connectivity index (χ0v) is 13.5. The maximum atomic E-state index is 4.49. The predicted octanol–water partition coefficient (Wildman–Crippen LogP) is 4.56. The lowest BCUT2D eigenvalue weighted by atomic mass is 10.1. The van der Waals surface area contributed by atoms with Crippen LogP contribution in [0.5, 0.6) is 0 Å². The molecule has 0 bridgehead atoms. The molecule has 1 aliphatic carbocycles. The summed E-state index contributed by atoms with van der Waals surface area (Å²) in [6.45, 7) is 3.20. The largest absolute Gasteiger partial charge is 0.310 e. The maximum absolute atomic E-state index is 4.49. The number of nitrogens with one attached hydrogen (secondary N) is 1. The van der Waals surface area contributed by atoms with Crippen molar-refractivity contribution in [2.45, 2.75) is 43.9 Å². The molecule has 0 radical (unpaired) electrons. The molecule has 3 heteroatoms. The summed E-state index contributed by atoms with van der Waals surface area (Å²) in [5, 5.41) is 5.74. The van der Waals surface area contributed by atoms with Crippen molar-refractivity contribution in [1.29, 1.82) is 0 Å². The maximum Gasteiger partial charge on any atom is 0.0705 e. The molecule has 1 saturated carbocycles. The lowest BCUT2D eigenvalue weighted by Crippen LogP contribution is -2.23. The predicted molar refractivity (Wildman–Crippen MR) is 92.9 cm³/mol. The lowest BCUT2D eigenvalue weighted by Gasteiger charge is -2.20. The van der Waals surface area contributed by atoms with Gasteiger partial charge in [0, 0.05) is 28.6 Å². The van der Waals surface area contributed by atoms with Gasteiger partial charge in [-0.25, -0.2) is 0 Å². The Morgan fingerprint density at radius 1 is 1.29 bits per heavy atom. The van der Waals surface area contributed by atoms with Crippen LogP contribution in [0, 0.1) is 0 Å². The summed E-state index contributed by atoms with van der Waals surface area (Å²) < 4.78 is 0. The van der Waals surface area contributed by atoms with Crippen LogP contribution in [0.4, 0.5) is 0 Å². The number of aromatic nitrogens is 1. The first-order valence-electron chi connectivity index (χ1n) is 8.06. The fraction of sp³-hybridized carbons (Fsp3) is 0.500. The van der Waals surface area contributed by atoms with E-state index in [0.717, 1.165) is 23.1 Å². The Kier molecular flexibility index (Phi) is 5.15. The highest BCUT2D eigenvalue weighted by molar-refractivity contribution is 7.99. The van der Waals surface area contributed by atoms with Crippen LogP contribution >= 0.6 is 11.8 Å². The van der Waals surface area contributed by atoms with Gasteiger partial charge in [-0.2, -0.15) is 11.8 Å². The van der Waals surface area contributed by atoms with Gasteiger partial charge in [-0.05, 0) is 37.1 Å². The monoisotopic (exact) mass is 300 g/mol. The molecule has 0 spiro atoms. The molecule has 1 unspecified atom stereocenters. The Morgan fingerprint density at radius 2 is 2.14 bits per heavy atom. The third kappa shape index (κ3) is 3.78. The van der Waals surface area contributed by atoms with Crippen LogP contribution in [-0.2, 0) is 0 Å². The average Bonchev–Trinajstić information content (AvgIpc) is 3.04. The standard InChI is InChI=1S/C18H24N2S/c1-2-19-18(13-21-16-7-3-4-8-16)15-10-9-14-6-5-11-20-17(14)12-15/h5-6,9-12,16,18-19H,2-4,7-8,13H2,1H3. The lowest BCUT2D eigenvalue weighted by molar-refractivity contribution is 0.605. The molecule has 1 aromatic heterocycles. The number of rotatable bonds is 6. The van der Waals surface area contributed by atoms with E-state index in [0.29, 0.717) is 6.04 Å². The minimum atomic E-state index is 0.437. The van der Waals surface area contributed by atoms with E-state index in [2.05, 4.69) is 53.3 Å². The Balaban J connectivity index is 1.74. The van der Waals surface area contributed by atoms with E-state index in [1.807, 2.05) is 12.3 Å². The van der Waals surface area contributed by atoms with Gasteiger partial charge >= 0.3 is 0 Å². The quantitative estimate of drug-likeness (QED) is 0.846. The molecule has 3 rings (SSSR count). The van der Waals surface area contributed by atoms with E-state index in [9.17, 15) is 0 Å². The van der Waals surface area contributed by atoms with Gasteiger partial charge in [0.05, 0.1) is 5.52 Å². The van der Waals surface area contributed by atoms with Crippen LogP contribution in [-0.4, -0.2) is 22.5 Å². The number of nitrogens with zero attached hydrogens (tertiary/aromatic N) is 1. The summed E-state index contributed by atoms with van der Waals surface area (Å²) in [7, 11) is 0. The van der Waals surface area contributed by atoms with Crippen LogP contribution in [0.25, 0.3) is 10.9 Å². The Bertz CT molecular complexity index is 578. The van der Waals surface area contributed by atoms with Crippen molar-refractivity contribution in [2.75, 3.05) is 12.3 Å². The first-order valence-corrected chi connectivity index (χ1v) is 9.11. The molecule has 21 heavy (non-hydrogen) atoms. The van der Waals surface area contributed by atoms with Gasteiger partial charge in [-0.15, -0.1) is 0 Å². The first-order chi connectivity index (χ1) is 10.4. The number of fused-ring (bicyclic) bond motifs is 1. The van der Waals surface area contributed by atoms with E-state index in [4.69, 9.17) is 0 Å². The van der Waals surface area contributed by atoms with Crippen LogP contribution in [0.15, 0.2) is 36.5 Å². The molecule has 1 N–H and O–H groups in total. The molecular weight excluding hydrogens is 276 g/mol. The van der Waals surface area contributed by atoms with Crippen molar-refractivity contribution in [2.24, 2.45) is 0 Å². The van der Waals surface area contributed by atoms with Gasteiger partial charge in [0.25, 0.3) is 0 Å². The second kappa shape index (κ2) is 7.28.